The first kappa shape index (κ1) is 13.8. The highest BCUT2D eigenvalue weighted by molar-refractivity contribution is 6.53. The van der Waals surface area contributed by atoms with Gasteiger partial charge in [-0.1, -0.05) is 12.2 Å². The van der Waals surface area contributed by atoms with E-state index in [0.717, 1.165) is 0 Å². The van der Waals surface area contributed by atoms with Crippen molar-refractivity contribution in [2.45, 2.75) is 6.42 Å². The Bertz CT molecular complexity index is 150. The Hall–Kier alpha value is -0.243. The zero-order chi connectivity index (χ0) is 10.9. The maximum atomic E-state index is 8.47. The van der Waals surface area contributed by atoms with E-state index in [1.807, 2.05) is 6.08 Å². The van der Waals surface area contributed by atoms with Crippen LogP contribution in [-0.2, 0) is 17.7 Å². The largest absolute Gasteiger partial charge is 0.678 e. The normalized spacial score (nSPS) is 12.6. The van der Waals surface area contributed by atoms with E-state index >= 15 is 0 Å². The minimum absolute atomic E-state index is 0.0431. The summed E-state index contributed by atoms with van der Waals surface area (Å²) in [7, 11) is 1.59. The molecule has 0 aliphatic carbocycles. The maximum Gasteiger partial charge on any atom is 0.678 e. The summed E-state index contributed by atoms with van der Waals surface area (Å²) in [6.07, 6.45) is 4.16. The van der Waals surface area contributed by atoms with E-state index in [1.165, 1.54) is 21.3 Å². The predicted molar refractivity (Wildman–Crippen MR) is 53.6 cm³/mol. The standard InChI is InChI=1S/C8H18O5Si/c1-10-14(11-2,12-3)13-8-6-4-5-7-9/h4-5,9H,6-8H2,1-3H3. The van der Waals surface area contributed by atoms with E-state index in [9.17, 15) is 0 Å². The molecule has 1 N–H and O–H groups in total. The lowest BCUT2D eigenvalue weighted by molar-refractivity contribution is 0.00708. The molecule has 0 heterocycles. The maximum absolute atomic E-state index is 8.47. The zero-order valence-corrected chi connectivity index (χ0v) is 9.86. The smallest absolute Gasteiger partial charge is 0.392 e. The summed E-state index contributed by atoms with van der Waals surface area (Å²) in [4.78, 5) is 0. The van der Waals surface area contributed by atoms with E-state index in [2.05, 4.69) is 0 Å². The summed E-state index contributed by atoms with van der Waals surface area (Å²) in [5.41, 5.74) is 0. The van der Waals surface area contributed by atoms with Gasteiger partial charge < -0.3 is 22.8 Å². The number of hydrogen-bond acceptors (Lipinski definition) is 5. The lowest BCUT2D eigenvalue weighted by Crippen LogP contribution is -2.46. The Morgan fingerprint density at radius 3 is 2.07 bits per heavy atom. The van der Waals surface area contributed by atoms with E-state index in [0.29, 0.717) is 13.0 Å². The summed E-state index contributed by atoms with van der Waals surface area (Å²) >= 11 is 0. The summed E-state index contributed by atoms with van der Waals surface area (Å²) in [6, 6.07) is 0. The topological polar surface area (TPSA) is 57.2 Å². The van der Waals surface area contributed by atoms with Gasteiger partial charge in [0.1, 0.15) is 0 Å². The molecule has 5 nitrogen and oxygen atoms in total. The van der Waals surface area contributed by atoms with Crippen LogP contribution >= 0.6 is 0 Å². The Morgan fingerprint density at radius 2 is 1.64 bits per heavy atom. The van der Waals surface area contributed by atoms with Crippen LogP contribution in [0.2, 0.25) is 0 Å². The first-order chi connectivity index (χ1) is 6.74. The van der Waals surface area contributed by atoms with Gasteiger partial charge in [-0.25, -0.2) is 0 Å². The van der Waals surface area contributed by atoms with Crippen LogP contribution in [0.15, 0.2) is 12.2 Å². The Labute approximate surface area is 85.7 Å². The van der Waals surface area contributed by atoms with Crippen LogP contribution < -0.4 is 0 Å². The predicted octanol–water partition coefficient (Wildman–Crippen LogP) is 0.316. The van der Waals surface area contributed by atoms with Gasteiger partial charge >= 0.3 is 9.05 Å². The van der Waals surface area contributed by atoms with Crippen LogP contribution in [-0.4, -0.2) is 48.7 Å². The summed E-state index contributed by atoms with van der Waals surface area (Å²) in [6.45, 7) is 0.486. The third-order valence-electron chi connectivity index (χ3n) is 1.59. The minimum Gasteiger partial charge on any atom is -0.392 e. The van der Waals surface area contributed by atoms with Gasteiger partial charge in [-0.15, -0.1) is 0 Å². The molecule has 0 aromatic rings. The molecule has 84 valence electrons. The Kier molecular flexibility index (Phi) is 7.96. The number of aliphatic hydroxyl groups excluding tert-OH is 1. The van der Waals surface area contributed by atoms with Crippen LogP contribution in [0.1, 0.15) is 6.42 Å². The van der Waals surface area contributed by atoms with Crippen molar-refractivity contribution in [3.8, 4) is 0 Å². The molecular formula is C8H18O5Si. The first-order valence-corrected chi connectivity index (χ1v) is 5.93. The molecule has 0 spiro atoms. The van der Waals surface area contributed by atoms with Crippen LogP contribution in [0.25, 0.3) is 0 Å². The molecule has 0 rings (SSSR count). The monoisotopic (exact) mass is 222 g/mol. The molecule has 0 atom stereocenters. The van der Waals surface area contributed by atoms with Gasteiger partial charge in [0.25, 0.3) is 0 Å². The van der Waals surface area contributed by atoms with Crippen molar-refractivity contribution in [1.82, 2.24) is 0 Å². The van der Waals surface area contributed by atoms with Crippen molar-refractivity contribution in [3.63, 3.8) is 0 Å². The summed E-state index contributed by atoms with van der Waals surface area (Å²) in [5.74, 6) is 0. The molecule has 0 radical (unpaired) electrons. The van der Waals surface area contributed by atoms with Gasteiger partial charge in [0, 0.05) is 27.9 Å². The van der Waals surface area contributed by atoms with Crippen molar-refractivity contribution < 1.29 is 22.8 Å². The van der Waals surface area contributed by atoms with Crippen molar-refractivity contribution in [2.75, 3.05) is 34.5 Å². The highest BCUT2D eigenvalue weighted by Crippen LogP contribution is 2.08. The molecule has 0 saturated carbocycles. The van der Waals surface area contributed by atoms with Crippen molar-refractivity contribution >= 4 is 9.05 Å². The second-order valence-corrected chi connectivity index (χ2v) is 4.92. The van der Waals surface area contributed by atoms with Gasteiger partial charge in [0.15, 0.2) is 0 Å². The molecule has 0 aliphatic rings. The van der Waals surface area contributed by atoms with Gasteiger partial charge in [0.2, 0.25) is 0 Å². The fourth-order valence-electron chi connectivity index (χ4n) is 0.871. The summed E-state index contributed by atoms with van der Waals surface area (Å²) < 4.78 is 20.5. The van der Waals surface area contributed by atoms with Gasteiger partial charge in [-0.2, -0.15) is 0 Å². The van der Waals surface area contributed by atoms with Gasteiger partial charge in [0.05, 0.1) is 6.61 Å². The van der Waals surface area contributed by atoms with Gasteiger partial charge in [-0.05, 0) is 6.42 Å². The fraction of sp³-hybridized carbons (Fsp3) is 0.750. The molecule has 0 aliphatic heterocycles. The minimum atomic E-state index is -2.87. The third kappa shape index (κ3) is 4.84. The zero-order valence-electron chi connectivity index (χ0n) is 8.86. The highest BCUT2D eigenvalue weighted by Gasteiger charge is 2.41. The number of rotatable bonds is 8. The van der Waals surface area contributed by atoms with Crippen molar-refractivity contribution in [3.05, 3.63) is 12.2 Å². The molecule has 0 aromatic carbocycles. The molecular weight excluding hydrogens is 204 g/mol. The molecule has 14 heavy (non-hydrogen) atoms. The van der Waals surface area contributed by atoms with Crippen molar-refractivity contribution in [1.29, 1.82) is 0 Å². The van der Waals surface area contributed by atoms with Crippen LogP contribution in [0.3, 0.4) is 0 Å². The van der Waals surface area contributed by atoms with E-state index < -0.39 is 9.05 Å². The fourth-order valence-corrected chi connectivity index (χ4v) is 2.09. The van der Waals surface area contributed by atoms with E-state index in [1.54, 1.807) is 6.08 Å². The number of aliphatic hydroxyl groups is 1. The molecule has 6 heteroatoms. The van der Waals surface area contributed by atoms with E-state index in [-0.39, 0.29) is 6.61 Å². The van der Waals surface area contributed by atoms with Crippen LogP contribution in [0.4, 0.5) is 0 Å². The third-order valence-corrected chi connectivity index (χ3v) is 3.64. The lowest BCUT2D eigenvalue weighted by Gasteiger charge is -2.22. The molecule has 0 fully saturated rings. The lowest BCUT2D eigenvalue weighted by atomic mass is 10.4. The molecule has 0 saturated heterocycles. The molecule has 0 unspecified atom stereocenters. The van der Waals surface area contributed by atoms with Crippen molar-refractivity contribution in [2.24, 2.45) is 0 Å². The van der Waals surface area contributed by atoms with Gasteiger partial charge in [-0.3, -0.25) is 0 Å². The number of hydrogen-bond donors (Lipinski definition) is 1. The van der Waals surface area contributed by atoms with Crippen LogP contribution in [0.5, 0.6) is 0 Å². The quantitative estimate of drug-likeness (QED) is 0.364. The van der Waals surface area contributed by atoms with Crippen LogP contribution in [0, 0.1) is 0 Å². The average Bonchev–Trinajstić information content (AvgIpc) is 2.24. The highest BCUT2D eigenvalue weighted by atomic mass is 28.4. The molecule has 0 amide bonds. The molecule has 0 bridgehead atoms. The average molecular weight is 222 g/mol. The van der Waals surface area contributed by atoms with E-state index in [4.69, 9.17) is 22.8 Å². The molecule has 0 aromatic heterocycles. The Balaban J connectivity index is 3.76. The second-order valence-electron chi connectivity index (χ2n) is 2.40. The first-order valence-electron chi connectivity index (χ1n) is 4.30. The summed E-state index contributed by atoms with van der Waals surface area (Å²) in [5, 5.41) is 8.47. The second kappa shape index (κ2) is 8.10. The SMILES string of the molecule is CO[Si](OC)(OC)OCCC=CCO. The Morgan fingerprint density at radius 1 is 1.07 bits per heavy atom.